The Morgan fingerprint density at radius 3 is 2.57 bits per heavy atom. The summed E-state index contributed by atoms with van der Waals surface area (Å²) in [6, 6.07) is 5.33. The minimum absolute atomic E-state index is 0.0728. The quantitative estimate of drug-likeness (QED) is 0.625. The molecule has 1 saturated carbocycles. The molecule has 2 heterocycles. The fourth-order valence-corrected chi connectivity index (χ4v) is 6.12. The van der Waals surface area contributed by atoms with Crippen molar-refractivity contribution in [1.82, 2.24) is 9.88 Å². The first-order valence-corrected chi connectivity index (χ1v) is 12.0. The molecule has 3 amide bonds. The van der Waals surface area contributed by atoms with Crippen LogP contribution < -0.4 is 5.32 Å². The van der Waals surface area contributed by atoms with Crippen LogP contribution in [0.25, 0.3) is 0 Å². The molecule has 2 atom stereocenters. The van der Waals surface area contributed by atoms with Crippen LogP contribution in [-0.2, 0) is 14.4 Å². The summed E-state index contributed by atoms with van der Waals surface area (Å²) >= 11 is 9.40. The number of carbonyl (C=O) groups excluding carboxylic acids is 3. The first-order valence-electron chi connectivity index (χ1n) is 9.97. The number of aryl methyl sites for hydroxylation is 1. The number of halogens is 1. The van der Waals surface area contributed by atoms with Crippen LogP contribution in [0, 0.1) is 18.8 Å². The number of nitrogens with one attached hydrogen (secondary N) is 1. The topological polar surface area (TPSA) is 79.4 Å². The molecule has 1 aromatic carbocycles. The van der Waals surface area contributed by atoms with Gasteiger partial charge in [0.1, 0.15) is 0 Å². The first-order chi connectivity index (χ1) is 14.4. The minimum Gasteiger partial charge on any atom is -0.326 e. The molecule has 2 aliphatic rings. The lowest BCUT2D eigenvalue weighted by Gasteiger charge is -2.19. The van der Waals surface area contributed by atoms with E-state index in [1.54, 1.807) is 23.5 Å². The van der Waals surface area contributed by atoms with Crippen LogP contribution in [0.1, 0.15) is 37.8 Å². The SMILES string of the molecule is Cc1csc(Sc2ccc(NC(=O)CCN3C(=O)[C@H]4CCCC[C@@H]4C3=O)cc2Cl)n1. The molecule has 30 heavy (non-hydrogen) atoms. The second-order valence-corrected chi connectivity index (χ2v) is 10.2. The van der Waals surface area contributed by atoms with Crippen LogP contribution in [0.15, 0.2) is 32.8 Å². The summed E-state index contributed by atoms with van der Waals surface area (Å²) in [6.07, 6.45) is 3.61. The van der Waals surface area contributed by atoms with Crippen molar-refractivity contribution in [2.45, 2.75) is 48.3 Å². The van der Waals surface area contributed by atoms with Crippen molar-refractivity contribution < 1.29 is 14.4 Å². The van der Waals surface area contributed by atoms with Crippen molar-refractivity contribution in [3.63, 3.8) is 0 Å². The lowest BCUT2D eigenvalue weighted by Crippen LogP contribution is -2.34. The van der Waals surface area contributed by atoms with Gasteiger partial charge in [-0.15, -0.1) is 11.3 Å². The van der Waals surface area contributed by atoms with Gasteiger partial charge in [0.15, 0.2) is 4.34 Å². The number of imide groups is 1. The molecule has 158 valence electrons. The molecule has 1 saturated heterocycles. The zero-order chi connectivity index (χ0) is 21.3. The van der Waals surface area contributed by atoms with Crippen molar-refractivity contribution in [3.8, 4) is 0 Å². The van der Waals surface area contributed by atoms with E-state index >= 15 is 0 Å². The van der Waals surface area contributed by atoms with Gasteiger partial charge >= 0.3 is 0 Å². The molecule has 2 aromatic rings. The van der Waals surface area contributed by atoms with Gasteiger partial charge in [-0.3, -0.25) is 19.3 Å². The highest BCUT2D eigenvalue weighted by Gasteiger charge is 2.47. The summed E-state index contributed by atoms with van der Waals surface area (Å²) in [7, 11) is 0. The summed E-state index contributed by atoms with van der Waals surface area (Å²) in [5.41, 5.74) is 1.55. The number of benzene rings is 1. The summed E-state index contributed by atoms with van der Waals surface area (Å²) in [5.74, 6) is -0.837. The van der Waals surface area contributed by atoms with E-state index < -0.39 is 0 Å². The Hall–Kier alpha value is -1.90. The van der Waals surface area contributed by atoms with E-state index in [1.165, 1.54) is 16.7 Å². The maximum absolute atomic E-state index is 12.5. The van der Waals surface area contributed by atoms with E-state index in [1.807, 2.05) is 18.4 Å². The van der Waals surface area contributed by atoms with Crippen LogP contribution in [0.3, 0.4) is 0 Å². The van der Waals surface area contributed by atoms with E-state index in [0.717, 1.165) is 40.6 Å². The molecule has 4 rings (SSSR count). The largest absolute Gasteiger partial charge is 0.326 e. The van der Waals surface area contributed by atoms with Crippen LogP contribution in [0.4, 0.5) is 5.69 Å². The lowest BCUT2D eigenvalue weighted by atomic mass is 9.81. The molecule has 0 bridgehead atoms. The summed E-state index contributed by atoms with van der Waals surface area (Å²) in [6.45, 7) is 2.07. The van der Waals surface area contributed by atoms with Gasteiger partial charge in [0.2, 0.25) is 17.7 Å². The minimum atomic E-state index is -0.252. The zero-order valence-corrected chi connectivity index (χ0v) is 18.9. The molecule has 1 N–H and O–H groups in total. The second kappa shape index (κ2) is 9.08. The Bertz CT molecular complexity index is 970. The Morgan fingerprint density at radius 2 is 1.97 bits per heavy atom. The Morgan fingerprint density at radius 1 is 1.27 bits per heavy atom. The maximum atomic E-state index is 12.5. The van der Waals surface area contributed by atoms with Gasteiger partial charge in [-0.25, -0.2) is 4.98 Å². The molecular formula is C21H22ClN3O3S2. The van der Waals surface area contributed by atoms with Crippen molar-refractivity contribution in [2.24, 2.45) is 11.8 Å². The highest BCUT2D eigenvalue weighted by atomic mass is 35.5. The first kappa shape index (κ1) is 21.3. The number of hydrogen-bond donors (Lipinski definition) is 1. The third-order valence-electron chi connectivity index (χ3n) is 5.51. The van der Waals surface area contributed by atoms with E-state index in [-0.39, 0.29) is 42.5 Å². The van der Waals surface area contributed by atoms with Crippen LogP contribution in [0.5, 0.6) is 0 Å². The van der Waals surface area contributed by atoms with Gasteiger partial charge in [-0.1, -0.05) is 36.2 Å². The van der Waals surface area contributed by atoms with E-state index in [0.29, 0.717) is 10.7 Å². The zero-order valence-electron chi connectivity index (χ0n) is 16.5. The van der Waals surface area contributed by atoms with Gasteiger partial charge in [-0.05, 0) is 38.0 Å². The van der Waals surface area contributed by atoms with Crippen LogP contribution in [0.2, 0.25) is 5.02 Å². The number of carbonyl (C=O) groups is 3. The fourth-order valence-electron chi connectivity index (χ4n) is 4.02. The Labute approximate surface area is 188 Å². The van der Waals surface area contributed by atoms with Gasteiger partial charge in [-0.2, -0.15) is 0 Å². The van der Waals surface area contributed by atoms with E-state index in [9.17, 15) is 14.4 Å². The van der Waals surface area contributed by atoms with Gasteiger partial charge in [0.05, 0.1) is 16.9 Å². The maximum Gasteiger partial charge on any atom is 0.233 e. The van der Waals surface area contributed by atoms with Crippen molar-refractivity contribution in [2.75, 3.05) is 11.9 Å². The molecule has 0 spiro atoms. The fraction of sp³-hybridized carbons (Fsp3) is 0.429. The monoisotopic (exact) mass is 463 g/mol. The number of fused-ring (bicyclic) bond motifs is 1. The van der Waals surface area contributed by atoms with Crippen molar-refractivity contribution in [1.29, 1.82) is 0 Å². The number of thiazole rings is 1. The molecule has 6 nitrogen and oxygen atoms in total. The second-order valence-electron chi connectivity index (χ2n) is 7.63. The number of hydrogen-bond acceptors (Lipinski definition) is 6. The highest BCUT2D eigenvalue weighted by molar-refractivity contribution is 8.01. The van der Waals surface area contributed by atoms with Gasteiger partial charge < -0.3 is 5.32 Å². The molecule has 1 aliphatic heterocycles. The highest BCUT2D eigenvalue weighted by Crippen LogP contribution is 2.38. The number of anilines is 1. The Balaban J connectivity index is 1.32. The normalized spacial score (nSPS) is 21.1. The van der Waals surface area contributed by atoms with E-state index in [4.69, 9.17) is 11.6 Å². The molecule has 1 aromatic heterocycles. The van der Waals surface area contributed by atoms with Crippen LogP contribution in [-0.4, -0.2) is 34.2 Å². The third-order valence-corrected chi connectivity index (χ3v) is 8.06. The number of nitrogens with zero attached hydrogens (tertiary/aromatic N) is 2. The summed E-state index contributed by atoms with van der Waals surface area (Å²) in [5, 5.41) is 5.31. The van der Waals surface area contributed by atoms with E-state index in [2.05, 4.69) is 10.3 Å². The Kier molecular flexibility index (Phi) is 6.46. The predicted octanol–water partition coefficient (Wildman–Crippen LogP) is 4.76. The summed E-state index contributed by atoms with van der Waals surface area (Å²) in [4.78, 5) is 43.9. The van der Waals surface area contributed by atoms with Gasteiger partial charge in [0, 0.05) is 34.6 Å². The molecular weight excluding hydrogens is 442 g/mol. The molecule has 2 fully saturated rings. The molecule has 0 radical (unpaired) electrons. The molecule has 1 aliphatic carbocycles. The smallest absolute Gasteiger partial charge is 0.233 e. The third kappa shape index (κ3) is 4.55. The number of aromatic nitrogens is 1. The predicted molar refractivity (Wildman–Crippen MR) is 118 cm³/mol. The van der Waals surface area contributed by atoms with Gasteiger partial charge in [0.25, 0.3) is 0 Å². The van der Waals surface area contributed by atoms with Crippen LogP contribution >= 0.6 is 34.7 Å². The van der Waals surface area contributed by atoms with Crippen molar-refractivity contribution >= 4 is 58.1 Å². The van der Waals surface area contributed by atoms with Crippen molar-refractivity contribution in [3.05, 3.63) is 34.3 Å². The molecule has 0 unspecified atom stereocenters. The lowest BCUT2D eigenvalue weighted by molar-refractivity contribution is -0.140. The summed E-state index contributed by atoms with van der Waals surface area (Å²) < 4.78 is 0.909. The molecule has 9 heteroatoms. The average Bonchev–Trinajstić information content (AvgIpc) is 3.24. The number of amides is 3. The number of rotatable bonds is 6. The number of likely N-dealkylation sites (tertiary alicyclic amines) is 1. The standard InChI is InChI=1S/C21H22ClN3O3S2/c1-12-11-29-21(23-12)30-17-7-6-13(10-16(17)22)24-18(26)8-9-25-19(27)14-4-2-3-5-15(14)20(25)28/h6-7,10-11,14-15H,2-5,8-9H2,1H3,(H,24,26)/t14-,15-/m0/s1. The average molecular weight is 464 g/mol.